The van der Waals surface area contributed by atoms with Crippen LogP contribution in [0.4, 0.5) is 0 Å². The first-order valence-corrected chi connectivity index (χ1v) is 9.38. The minimum absolute atomic E-state index is 0.0743. The molecule has 0 aliphatic rings. The highest BCUT2D eigenvalue weighted by Gasteiger charge is 2.11. The molecular weight excluding hydrogens is 386 g/mol. The van der Waals surface area contributed by atoms with Crippen molar-refractivity contribution < 1.29 is 9.59 Å². The number of hydrogen-bond acceptors (Lipinski definition) is 5. The van der Waals surface area contributed by atoms with E-state index in [1.54, 1.807) is 23.0 Å². The number of nitrogens with zero attached hydrogens (tertiary/aromatic N) is 3. The number of aromatic nitrogens is 3. The van der Waals surface area contributed by atoms with Gasteiger partial charge in [-0.05, 0) is 23.8 Å². The normalized spacial score (nSPS) is 10.4. The van der Waals surface area contributed by atoms with Gasteiger partial charge in [0, 0.05) is 5.02 Å². The second-order valence-corrected chi connectivity index (χ2v) is 6.89. The van der Waals surface area contributed by atoms with Crippen molar-refractivity contribution in [1.82, 2.24) is 25.6 Å². The van der Waals surface area contributed by atoms with Gasteiger partial charge < -0.3 is 0 Å². The maximum atomic E-state index is 12.0. The predicted octanol–water partition coefficient (Wildman–Crippen LogP) is 2.40. The summed E-state index contributed by atoms with van der Waals surface area (Å²) in [6.45, 7) is 0. The molecule has 1 heterocycles. The Balaban J connectivity index is 1.49. The first kappa shape index (κ1) is 18.9. The summed E-state index contributed by atoms with van der Waals surface area (Å²) in [7, 11) is 0. The molecule has 7 nitrogen and oxygen atoms in total. The standard InChI is InChI=1S/C18H16ClN5O2S/c19-14-7-4-8-15(10-14)24-12-20-23-18(24)27-11-17(26)22-21-16(25)9-13-5-2-1-3-6-13/h1-8,10,12H,9,11H2,(H,21,25)(H,22,26). The Hall–Kier alpha value is -2.84. The number of hydrazine groups is 1. The number of hydrogen-bond donors (Lipinski definition) is 2. The fraction of sp³-hybridized carbons (Fsp3) is 0.111. The SMILES string of the molecule is O=C(CSc1nncn1-c1cccc(Cl)c1)NNC(=O)Cc1ccccc1. The van der Waals surface area contributed by atoms with Crippen molar-refractivity contribution in [3.63, 3.8) is 0 Å². The van der Waals surface area contributed by atoms with Gasteiger partial charge in [-0.2, -0.15) is 0 Å². The molecule has 0 radical (unpaired) electrons. The second-order valence-electron chi connectivity index (χ2n) is 5.51. The van der Waals surface area contributed by atoms with E-state index in [1.807, 2.05) is 42.5 Å². The molecule has 0 bridgehead atoms. The van der Waals surface area contributed by atoms with Gasteiger partial charge in [0.25, 0.3) is 0 Å². The van der Waals surface area contributed by atoms with Crippen LogP contribution in [0, 0.1) is 0 Å². The quantitative estimate of drug-likeness (QED) is 0.489. The maximum Gasteiger partial charge on any atom is 0.248 e. The van der Waals surface area contributed by atoms with Crippen molar-refractivity contribution in [2.45, 2.75) is 11.6 Å². The van der Waals surface area contributed by atoms with Crippen molar-refractivity contribution in [2.75, 3.05) is 5.75 Å². The lowest BCUT2D eigenvalue weighted by molar-refractivity contribution is -0.127. The van der Waals surface area contributed by atoms with E-state index in [0.717, 1.165) is 11.3 Å². The van der Waals surface area contributed by atoms with Crippen LogP contribution in [0.3, 0.4) is 0 Å². The van der Waals surface area contributed by atoms with Gasteiger partial charge in [0.1, 0.15) is 6.33 Å². The molecule has 0 atom stereocenters. The third kappa shape index (κ3) is 5.57. The molecule has 1 aromatic heterocycles. The number of thioether (sulfide) groups is 1. The first-order chi connectivity index (χ1) is 13.1. The molecule has 0 fully saturated rings. The van der Waals surface area contributed by atoms with Crippen LogP contribution in [0.15, 0.2) is 66.1 Å². The van der Waals surface area contributed by atoms with E-state index in [9.17, 15) is 9.59 Å². The average Bonchev–Trinajstić information content (AvgIpc) is 3.14. The molecule has 9 heteroatoms. The molecular formula is C18H16ClN5O2S. The van der Waals surface area contributed by atoms with Gasteiger partial charge in [-0.1, -0.05) is 59.8 Å². The summed E-state index contributed by atoms with van der Waals surface area (Å²) in [6, 6.07) is 16.5. The van der Waals surface area contributed by atoms with E-state index in [0.29, 0.717) is 10.2 Å². The summed E-state index contributed by atoms with van der Waals surface area (Å²) in [6.07, 6.45) is 1.74. The van der Waals surface area contributed by atoms with E-state index < -0.39 is 0 Å². The van der Waals surface area contributed by atoms with Crippen molar-refractivity contribution in [3.05, 3.63) is 71.5 Å². The molecule has 2 N–H and O–H groups in total. The largest absolute Gasteiger partial charge is 0.277 e. The number of carbonyl (C=O) groups excluding carboxylic acids is 2. The molecule has 2 amide bonds. The Morgan fingerprint density at radius 3 is 2.59 bits per heavy atom. The van der Waals surface area contributed by atoms with Crippen LogP contribution < -0.4 is 10.9 Å². The lowest BCUT2D eigenvalue weighted by atomic mass is 10.1. The maximum absolute atomic E-state index is 12.0. The second kappa shape index (κ2) is 9.20. The molecule has 27 heavy (non-hydrogen) atoms. The number of nitrogens with one attached hydrogen (secondary N) is 2. The molecule has 0 saturated heterocycles. The first-order valence-electron chi connectivity index (χ1n) is 8.02. The fourth-order valence-electron chi connectivity index (χ4n) is 2.26. The Kier molecular flexibility index (Phi) is 6.45. The Bertz CT molecular complexity index is 932. The van der Waals surface area contributed by atoms with Crippen molar-refractivity contribution in [1.29, 1.82) is 0 Å². The Labute approximate surface area is 165 Å². The van der Waals surface area contributed by atoms with E-state index >= 15 is 0 Å². The highest BCUT2D eigenvalue weighted by Crippen LogP contribution is 2.21. The molecule has 0 saturated carbocycles. The Morgan fingerprint density at radius 2 is 1.81 bits per heavy atom. The summed E-state index contributed by atoms with van der Waals surface area (Å²) in [5, 5.41) is 9.02. The van der Waals surface area contributed by atoms with Gasteiger partial charge in [-0.15, -0.1) is 10.2 Å². The zero-order chi connectivity index (χ0) is 19.1. The van der Waals surface area contributed by atoms with Crippen LogP contribution in [-0.4, -0.2) is 32.3 Å². The van der Waals surface area contributed by atoms with Crippen molar-refractivity contribution >= 4 is 35.2 Å². The monoisotopic (exact) mass is 401 g/mol. The van der Waals surface area contributed by atoms with Crippen molar-refractivity contribution in [3.8, 4) is 5.69 Å². The van der Waals surface area contributed by atoms with Crippen LogP contribution in [-0.2, 0) is 16.0 Å². The third-order valence-corrected chi connectivity index (χ3v) is 4.66. The van der Waals surface area contributed by atoms with Crippen LogP contribution in [0.5, 0.6) is 0 Å². The average molecular weight is 402 g/mol. The highest BCUT2D eigenvalue weighted by molar-refractivity contribution is 7.99. The summed E-state index contributed by atoms with van der Waals surface area (Å²) in [5.74, 6) is -0.561. The number of amides is 2. The van der Waals surface area contributed by atoms with Crippen LogP contribution in [0.2, 0.25) is 5.02 Å². The molecule has 0 unspecified atom stereocenters. The van der Waals surface area contributed by atoms with Crippen LogP contribution in [0.25, 0.3) is 5.69 Å². The predicted molar refractivity (Wildman–Crippen MR) is 104 cm³/mol. The van der Waals surface area contributed by atoms with E-state index in [-0.39, 0.29) is 24.0 Å². The number of rotatable bonds is 6. The van der Waals surface area contributed by atoms with Gasteiger partial charge in [0.05, 0.1) is 17.9 Å². The Morgan fingerprint density at radius 1 is 1.04 bits per heavy atom. The third-order valence-electron chi connectivity index (χ3n) is 3.48. The van der Waals surface area contributed by atoms with Gasteiger partial charge in [0.2, 0.25) is 11.8 Å². The lowest BCUT2D eigenvalue weighted by Gasteiger charge is -2.08. The lowest BCUT2D eigenvalue weighted by Crippen LogP contribution is -2.43. The van der Waals surface area contributed by atoms with E-state index in [2.05, 4.69) is 21.0 Å². The highest BCUT2D eigenvalue weighted by atomic mass is 35.5. The van der Waals surface area contributed by atoms with Gasteiger partial charge in [-0.3, -0.25) is 25.0 Å². The number of carbonyl (C=O) groups is 2. The minimum Gasteiger partial charge on any atom is -0.277 e. The zero-order valence-electron chi connectivity index (χ0n) is 14.1. The smallest absolute Gasteiger partial charge is 0.248 e. The molecule has 3 aromatic rings. The number of halogens is 1. The molecule has 3 rings (SSSR count). The van der Waals surface area contributed by atoms with E-state index in [1.165, 1.54) is 11.8 Å². The van der Waals surface area contributed by atoms with Crippen LogP contribution in [0.1, 0.15) is 5.56 Å². The molecule has 2 aromatic carbocycles. The van der Waals surface area contributed by atoms with Gasteiger partial charge in [0.15, 0.2) is 5.16 Å². The van der Waals surface area contributed by atoms with Gasteiger partial charge in [-0.25, -0.2) is 0 Å². The molecule has 0 aliphatic carbocycles. The number of benzene rings is 2. The minimum atomic E-state index is -0.345. The molecule has 138 valence electrons. The zero-order valence-corrected chi connectivity index (χ0v) is 15.7. The summed E-state index contributed by atoms with van der Waals surface area (Å²) < 4.78 is 1.73. The van der Waals surface area contributed by atoms with Gasteiger partial charge >= 0.3 is 0 Å². The fourth-order valence-corrected chi connectivity index (χ4v) is 3.17. The molecule has 0 spiro atoms. The summed E-state index contributed by atoms with van der Waals surface area (Å²) >= 11 is 7.21. The van der Waals surface area contributed by atoms with E-state index in [4.69, 9.17) is 11.6 Å². The summed E-state index contributed by atoms with van der Waals surface area (Å²) in [4.78, 5) is 23.8. The van der Waals surface area contributed by atoms with Crippen LogP contribution >= 0.6 is 23.4 Å². The van der Waals surface area contributed by atoms with Crippen molar-refractivity contribution in [2.24, 2.45) is 0 Å². The topological polar surface area (TPSA) is 88.9 Å². The summed E-state index contributed by atoms with van der Waals surface area (Å²) in [5.41, 5.74) is 6.46. The molecule has 0 aliphatic heterocycles.